The standard InChI is InChI=1S/C11H23NO2.ClH/c1-3-4-5-6-7-8-9-14-11(13)10(2)12;/h10H,3-9,12H2,1-2H3;1H. The van der Waals surface area contributed by atoms with Crippen LogP contribution in [0.15, 0.2) is 0 Å². The number of unbranched alkanes of at least 4 members (excludes halogenated alkanes) is 5. The van der Waals surface area contributed by atoms with Crippen LogP contribution in [0.25, 0.3) is 0 Å². The molecular weight excluding hydrogens is 214 g/mol. The van der Waals surface area contributed by atoms with E-state index in [1.54, 1.807) is 6.92 Å². The zero-order valence-electron chi connectivity index (χ0n) is 9.83. The van der Waals surface area contributed by atoms with Gasteiger partial charge in [-0.2, -0.15) is 0 Å². The van der Waals surface area contributed by atoms with E-state index in [0.29, 0.717) is 6.61 Å². The lowest BCUT2D eigenvalue weighted by Crippen LogP contribution is -2.28. The SMILES string of the molecule is CCCCCCCCOC(=O)C(C)N.Cl. The molecule has 0 aromatic rings. The molecule has 0 aliphatic heterocycles. The topological polar surface area (TPSA) is 52.3 Å². The van der Waals surface area contributed by atoms with Gasteiger partial charge in [0, 0.05) is 0 Å². The number of carbonyl (C=O) groups excluding carboxylic acids is 1. The summed E-state index contributed by atoms with van der Waals surface area (Å²) in [6.07, 6.45) is 7.20. The fourth-order valence-corrected chi connectivity index (χ4v) is 1.19. The Balaban J connectivity index is 0. The molecular formula is C11H24ClNO2. The maximum absolute atomic E-state index is 10.9. The molecule has 0 radical (unpaired) electrons. The van der Waals surface area contributed by atoms with E-state index in [9.17, 15) is 4.79 Å². The number of ether oxygens (including phenoxy) is 1. The van der Waals surface area contributed by atoms with Crippen molar-refractivity contribution in [3.8, 4) is 0 Å². The average Bonchev–Trinajstić information content (AvgIpc) is 2.16. The number of rotatable bonds is 8. The van der Waals surface area contributed by atoms with Gasteiger partial charge in [-0.1, -0.05) is 39.0 Å². The van der Waals surface area contributed by atoms with Crippen LogP contribution in [-0.2, 0) is 9.53 Å². The van der Waals surface area contributed by atoms with Crippen molar-refractivity contribution in [2.75, 3.05) is 6.61 Å². The van der Waals surface area contributed by atoms with Crippen molar-refractivity contribution in [2.24, 2.45) is 5.73 Å². The number of esters is 1. The van der Waals surface area contributed by atoms with Gasteiger partial charge >= 0.3 is 5.97 Å². The second kappa shape index (κ2) is 11.8. The normalized spacial score (nSPS) is 11.7. The Morgan fingerprint density at radius 1 is 1.20 bits per heavy atom. The van der Waals surface area contributed by atoms with Crippen molar-refractivity contribution in [1.82, 2.24) is 0 Å². The highest BCUT2D eigenvalue weighted by molar-refractivity contribution is 5.85. The van der Waals surface area contributed by atoms with Crippen LogP contribution in [0, 0.1) is 0 Å². The van der Waals surface area contributed by atoms with Crippen LogP contribution < -0.4 is 5.73 Å². The average molecular weight is 238 g/mol. The Morgan fingerprint density at radius 2 is 1.73 bits per heavy atom. The molecule has 0 saturated carbocycles. The van der Waals surface area contributed by atoms with E-state index in [2.05, 4.69) is 6.92 Å². The minimum atomic E-state index is -0.491. The molecule has 1 unspecified atom stereocenters. The molecule has 0 aromatic carbocycles. The van der Waals surface area contributed by atoms with Crippen molar-refractivity contribution in [3.05, 3.63) is 0 Å². The second-order valence-corrected chi connectivity index (χ2v) is 3.72. The first kappa shape index (κ1) is 17.1. The maximum Gasteiger partial charge on any atom is 0.322 e. The van der Waals surface area contributed by atoms with Crippen LogP contribution in [0.2, 0.25) is 0 Å². The molecule has 0 aliphatic rings. The lowest BCUT2D eigenvalue weighted by molar-refractivity contribution is -0.144. The van der Waals surface area contributed by atoms with Gasteiger partial charge in [0.2, 0.25) is 0 Å². The monoisotopic (exact) mass is 237 g/mol. The molecule has 0 heterocycles. The molecule has 0 bridgehead atoms. The summed E-state index contributed by atoms with van der Waals surface area (Å²) in [5.41, 5.74) is 5.34. The van der Waals surface area contributed by atoms with Crippen molar-refractivity contribution < 1.29 is 9.53 Å². The van der Waals surface area contributed by atoms with Crippen LogP contribution in [0.3, 0.4) is 0 Å². The van der Waals surface area contributed by atoms with Crippen LogP contribution in [-0.4, -0.2) is 18.6 Å². The molecule has 0 aliphatic carbocycles. The summed E-state index contributed by atoms with van der Waals surface area (Å²) in [4.78, 5) is 10.9. The predicted octanol–water partition coefficient (Wildman–Crippen LogP) is 2.66. The molecule has 2 N–H and O–H groups in total. The van der Waals surface area contributed by atoms with Crippen molar-refractivity contribution in [3.63, 3.8) is 0 Å². The quantitative estimate of drug-likeness (QED) is 0.522. The molecule has 0 spiro atoms. The van der Waals surface area contributed by atoms with Gasteiger partial charge < -0.3 is 10.5 Å². The van der Waals surface area contributed by atoms with Crippen molar-refractivity contribution in [2.45, 2.75) is 58.4 Å². The third-order valence-electron chi connectivity index (χ3n) is 2.11. The molecule has 3 nitrogen and oxygen atoms in total. The number of hydrogen-bond acceptors (Lipinski definition) is 3. The lowest BCUT2D eigenvalue weighted by Gasteiger charge is -2.06. The first-order valence-electron chi connectivity index (χ1n) is 5.60. The number of halogens is 1. The van der Waals surface area contributed by atoms with Gasteiger partial charge in [-0.15, -0.1) is 12.4 Å². The van der Waals surface area contributed by atoms with E-state index in [-0.39, 0.29) is 18.4 Å². The fraction of sp³-hybridized carbons (Fsp3) is 0.909. The number of carbonyl (C=O) groups is 1. The second-order valence-electron chi connectivity index (χ2n) is 3.72. The predicted molar refractivity (Wildman–Crippen MR) is 65.2 cm³/mol. The fourth-order valence-electron chi connectivity index (χ4n) is 1.19. The highest BCUT2D eigenvalue weighted by atomic mass is 35.5. The Hall–Kier alpha value is -0.280. The Labute approximate surface area is 99.2 Å². The van der Waals surface area contributed by atoms with Gasteiger partial charge in [0.25, 0.3) is 0 Å². The van der Waals surface area contributed by atoms with E-state index in [1.165, 1.54) is 25.7 Å². The van der Waals surface area contributed by atoms with Gasteiger partial charge in [0.15, 0.2) is 0 Å². The van der Waals surface area contributed by atoms with Crippen LogP contribution >= 0.6 is 12.4 Å². The van der Waals surface area contributed by atoms with Crippen molar-refractivity contribution in [1.29, 1.82) is 0 Å². The van der Waals surface area contributed by atoms with Gasteiger partial charge in [-0.25, -0.2) is 0 Å². The Bertz CT molecular complexity index is 152. The molecule has 0 amide bonds. The van der Waals surface area contributed by atoms with E-state index in [0.717, 1.165) is 12.8 Å². The Morgan fingerprint density at radius 3 is 2.27 bits per heavy atom. The molecule has 4 heteroatoms. The minimum Gasteiger partial charge on any atom is -0.465 e. The lowest BCUT2D eigenvalue weighted by atomic mass is 10.1. The van der Waals surface area contributed by atoms with Crippen molar-refractivity contribution >= 4 is 18.4 Å². The van der Waals surface area contributed by atoms with Gasteiger partial charge in [0.05, 0.1) is 6.61 Å². The van der Waals surface area contributed by atoms with Gasteiger partial charge in [-0.3, -0.25) is 4.79 Å². The highest BCUT2D eigenvalue weighted by Crippen LogP contribution is 2.04. The summed E-state index contributed by atoms with van der Waals surface area (Å²) in [5, 5.41) is 0. The number of nitrogens with two attached hydrogens (primary N) is 1. The molecule has 92 valence electrons. The summed E-state index contributed by atoms with van der Waals surface area (Å²) in [6, 6.07) is -0.491. The largest absolute Gasteiger partial charge is 0.465 e. The third-order valence-corrected chi connectivity index (χ3v) is 2.11. The van der Waals surface area contributed by atoms with Crippen LogP contribution in [0.5, 0.6) is 0 Å². The summed E-state index contributed by atoms with van der Waals surface area (Å²) >= 11 is 0. The van der Waals surface area contributed by atoms with Crippen LogP contribution in [0.1, 0.15) is 52.4 Å². The number of hydrogen-bond donors (Lipinski definition) is 1. The molecule has 15 heavy (non-hydrogen) atoms. The summed E-state index contributed by atoms with van der Waals surface area (Å²) in [7, 11) is 0. The molecule has 0 fully saturated rings. The Kier molecular flexibility index (Phi) is 13.5. The molecule has 0 saturated heterocycles. The molecule has 0 rings (SSSR count). The first-order valence-corrected chi connectivity index (χ1v) is 5.60. The summed E-state index contributed by atoms with van der Waals surface area (Å²) < 4.78 is 4.95. The summed E-state index contributed by atoms with van der Waals surface area (Å²) in [5.74, 6) is -0.293. The van der Waals surface area contributed by atoms with E-state index < -0.39 is 6.04 Å². The zero-order chi connectivity index (χ0) is 10.8. The van der Waals surface area contributed by atoms with E-state index in [1.807, 2.05) is 0 Å². The van der Waals surface area contributed by atoms with Gasteiger partial charge in [-0.05, 0) is 13.3 Å². The smallest absolute Gasteiger partial charge is 0.322 e. The van der Waals surface area contributed by atoms with Gasteiger partial charge in [0.1, 0.15) is 6.04 Å². The highest BCUT2D eigenvalue weighted by Gasteiger charge is 2.07. The zero-order valence-corrected chi connectivity index (χ0v) is 10.6. The van der Waals surface area contributed by atoms with E-state index in [4.69, 9.17) is 10.5 Å². The maximum atomic E-state index is 10.9. The molecule has 1 atom stereocenters. The molecule has 0 aromatic heterocycles. The summed E-state index contributed by atoms with van der Waals surface area (Å²) in [6.45, 7) is 4.36. The third kappa shape index (κ3) is 11.6. The minimum absolute atomic E-state index is 0. The van der Waals surface area contributed by atoms with E-state index >= 15 is 0 Å². The van der Waals surface area contributed by atoms with Crippen LogP contribution in [0.4, 0.5) is 0 Å². The first-order chi connectivity index (χ1) is 6.68.